The highest BCUT2D eigenvalue weighted by Crippen LogP contribution is 2.34. The quantitative estimate of drug-likeness (QED) is 0.368. The molecule has 2 aromatic carbocycles. The van der Waals surface area contributed by atoms with Crippen molar-refractivity contribution in [3.63, 3.8) is 0 Å². The van der Waals surface area contributed by atoms with Crippen LogP contribution in [0.25, 0.3) is 0 Å². The van der Waals surface area contributed by atoms with Gasteiger partial charge in [0, 0.05) is 11.1 Å². The molecule has 3 nitrogen and oxygen atoms in total. The zero-order valence-corrected chi connectivity index (χ0v) is 15.3. The van der Waals surface area contributed by atoms with Gasteiger partial charge in [0.1, 0.15) is 11.5 Å². The van der Waals surface area contributed by atoms with Crippen LogP contribution in [0.1, 0.15) is 11.1 Å². The van der Waals surface area contributed by atoms with Crippen molar-refractivity contribution in [2.75, 3.05) is 6.61 Å². The van der Waals surface area contributed by atoms with E-state index in [9.17, 15) is 4.79 Å². The Hall–Kier alpha value is -1.13. The maximum atomic E-state index is 11.9. The minimum Gasteiger partial charge on any atom is -0.480 e. The van der Waals surface area contributed by atoms with Crippen molar-refractivity contribution < 1.29 is 14.3 Å². The molecule has 0 spiro atoms. The molecule has 2 aromatic rings. The van der Waals surface area contributed by atoms with E-state index in [1.807, 2.05) is 13.8 Å². The van der Waals surface area contributed by atoms with Crippen molar-refractivity contribution in [1.29, 1.82) is 0 Å². The lowest BCUT2D eigenvalue weighted by Crippen LogP contribution is -2.18. The molecule has 0 saturated heterocycles. The van der Waals surface area contributed by atoms with Gasteiger partial charge in [0.25, 0.3) is 0 Å². The second-order valence-corrected chi connectivity index (χ2v) is 6.43. The summed E-state index contributed by atoms with van der Waals surface area (Å²) in [5.74, 6) is 0.0768. The molecule has 0 aliphatic rings. The normalized spacial score (nSPS) is 10.5. The number of aryl methyl sites for hydroxylation is 2. The smallest absolute Gasteiger partial charge is 0.349 e. The minimum atomic E-state index is -0.576. The van der Waals surface area contributed by atoms with Crippen LogP contribution in [-0.4, -0.2) is 12.6 Å². The van der Waals surface area contributed by atoms with Crippen molar-refractivity contribution in [3.8, 4) is 11.5 Å². The fourth-order valence-corrected chi connectivity index (χ4v) is 2.58. The number of hydrogen-bond acceptors (Lipinski definition) is 3. The molecule has 0 radical (unpaired) electrons. The van der Waals surface area contributed by atoms with Gasteiger partial charge in [-0.15, -0.1) is 0 Å². The Kier molecular flexibility index (Phi) is 6.04. The van der Waals surface area contributed by atoms with Crippen LogP contribution in [-0.2, 0) is 4.79 Å². The summed E-state index contributed by atoms with van der Waals surface area (Å²) in [6, 6.07) is 6.24. The molecular formula is C16H12Cl4O3. The summed E-state index contributed by atoms with van der Waals surface area (Å²) in [6.45, 7) is 3.34. The standard InChI is InChI=1S/C16H12Cl4O3/c1-8-3-10(4-9(2)16(8)20)23-15(21)7-22-14-6-12(18)11(17)5-13(14)19/h3-6H,7H2,1-2H3. The summed E-state index contributed by atoms with van der Waals surface area (Å²) in [7, 11) is 0. The third kappa shape index (κ3) is 4.67. The van der Waals surface area contributed by atoms with Gasteiger partial charge in [-0.3, -0.25) is 0 Å². The number of carbonyl (C=O) groups is 1. The molecular weight excluding hydrogens is 382 g/mol. The number of benzene rings is 2. The molecule has 0 unspecified atom stereocenters. The number of hydrogen-bond donors (Lipinski definition) is 0. The van der Waals surface area contributed by atoms with Crippen molar-refractivity contribution in [1.82, 2.24) is 0 Å². The zero-order chi connectivity index (χ0) is 17.1. The molecule has 0 heterocycles. The molecule has 122 valence electrons. The second-order valence-electron chi connectivity index (χ2n) is 4.83. The summed E-state index contributed by atoms with van der Waals surface area (Å²) in [5.41, 5.74) is 1.64. The molecule has 0 N–H and O–H groups in total. The Morgan fingerprint density at radius 2 is 1.48 bits per heavy atom. The molecule has 0 amide bonds. The first-order valence-corrected chi connectivity index (χ1v) is 8.04. The topological polar surface area (TPSA) is 35.5 Å². The van der Waals surface area contributed by atoms with Gasteiger partial charge in [-0.1, -0.05) is 46.4 Å². The maximum absolute atomic E-state index is 11.9. The number of rotatable bonds is 4. The fourth-order valence-electron chi connectivity index (χ4n) is 1.88. The van der Waals surface area contributed by atoms with Crippen LogP contribution in [0.15, 0.2) is 24.3 Å². The van der Waals surface area contributed by atoms with Gasteiger partial charge in [0.05, 0.1) is 15.1 Å². The van der Waals surface area contributed by atoms with Crippen LogP contribution < -0.4 is 9.47 Å². The van der Waals surface area contributed by atoms with Crippen LogP contribution in [0.2, 0.25) is 20.1 Å². The molecule has 0 bridgehead atoms. The SMILES string of the molecule is Cc1cc(OC(=O)COc2cc(Cl)c(Cl)cc2Cl)cc(C)c1Cl. The second kappa shape index (κ2) is 7.63. The molecule has 2 rings (SSSR count). The summed E-state index contributed by atoms with van der Waals surface area (Å²) in [4.78, 5) is 11.9. The van der Waals surface area contributed by atoms with Crippen LogP contribution in [0.4, 0.5) is 0 Å². The minimum absolute atomic E-state index is 0.251. The van der Waals surface area contributed by atoms with Crippen LogP contribution >= 0.6 is 46.4 Å². The van der Waals surface area contributed by atoms with E-state index in [2.05, 4.69) is 0 Å². The first kappa shape index (κ1) is 18.2. The first-order chi connectivity index (χ1) is 10.8. The van der Waals surface area contributed by atoms with Gasteiger partial charge < -0.3 is 9.47 Å². The van der Waals surface area contributed by atoms with Crippen molar-refractivity contribution >= 4 is 52.4 Å². The number of esters is 1. The summed E-state index contributed by atoms with van der Waals surface area (Å²) < 4.78 is 10.5. The van der Waals surface area contributed by atoms with Gasteiger partial charge in [-0.05, 0) is 43.2 Å². The maximum Gasteiger partial charge on any atom is 0.349 e. The fraction of sp³-hybridized carbons (Fsp3) is 0.188. The highest BCUT2D eigenvalue weighted by molar-refractivity contribution is 6.43. The van der Waals surface area contributed by atoms with E-state index in [1.54, 1.807) is 12.1 Å². The lowest BCUT2D eigenvalue weighted by atomic mass is 10.1. The lowest BCUT2D eigenvalue weighted by molar-refractivity contribution is -0.136. The van der Waals surface area contributed by atoms with Crippen molar-refractivity contribution in [2.24, 2.45) is 0 Å². The van der Waals surface area contributed by atoms with E-state index >= 15 is 0 Å². The highest BCUT2D eigenvalue weighted by Gasteiger charge is 2.12. The van der Waals surface area contributed by atoms with Crippen molar-refractivity contribution in [2.45, 2.75) is 13.8 Å². The molecule has 0 atom stereocenters. The Morgan fingerprint density at radius 1 is 0.913 bits per heavy atom. The third-order valence-electron chi connectivity index (χ3n) is 2.96. The zero-order valence-electron chi connectivity index (χ0n) is 12.3. The number of carbonyl (C=O) groups excluding carboxylic acids is 1. The van der Waals surface area contributed by atoms with E-state index in [0.717, 1.165) is 11.1 Å². The predicted molar refractivity (Wildman–Crippen MR) is 93.5 cm³/mol. The van der Waals surface area contributed by atoms with Crippen molar-refractivity contribution in [3.05, 3.63) is 55.5 Å². The van der Waals surface area contributed by atoms with E-state index in [-0.39, 0.29) is 22.4 Å². The molecule has 7 heteroatoms. The highest BCUT2D eigenvalue weighted by atomic mass is 35.5. The molecule has 0 aromatic heterocycles. The molecule has 0 aliphatic heterocycles. The Balaban J connectivity index is 2.02. The van der Waals surface area contributed by atoms with E-state index < -0.39 is 5.97 Å². The third-order valence-corrected chi connectivity index (χ3v) is 4.58. The summed E-state index contributed by atoms with van der Waals surface area (Å²) >= 11 is 23.7. The lowest BCUT2D eigenvalue weighted by Gasteiger charge is -2.11. The monoisotopic (exact) mass is 392 g/mol. The van der Waals surface area contributed by atoms with Gasteiger partial charge in [-0.25, -0.2) is 4.79 Å². The average Bonchev–Trinajstić information content (AvgIpc) is 2.47. The van der Waals surface area contributed by atoms with Gasteiger partial charge in [-0.2, -0.15) is 0 Å². The summed E-state index contributed by atoms with van der Waals surface area (Å²) in [5, 5.41) is 1.48. The van der Waals surface area contributed by atoms with Gasteiger partial charge in [0.2, 0.25) is 0 Å². The number of halogens is 4. The Morgan fingerprint density at radius 3 is 2.09 bits per heavy atom. The van der Waals surface area contributed by atoms with Gasteiger partial charge >= 0.3 is 5.97 Å². The average molecular weight is 394 g/mol. The first-order valence-electron chi connectivity index (χ1n) is 6.52. The molecule has 0 aliphatic carbocycles. The Bertz CT molecular complexity index is 736. The van der Waals surface area contributed by atoms with Crippen LogP contribution in [0.5, 0.6) is 11.5 Å². The molecule has 0 fully saturated rings. The van der Waals surface area contributed by atoms with Gasteiger partial charge in [0.15, 0.2) is 6.61 Å². The predicted octanol–water partition coefficient (Wildman–Crippen LogP) is 5.90. The van der Waals surface area contributed by atoms with Crippen LogP contribution in [0.3, 0.4) is 0 Å². The molecule has 23 heavy (non-hydrogen) atoms. The largest absolute Gasteiger partial charge is 0.480 e. The van der Waals surface area contributed by atoms with E-state index in [0.29, 0.717) is 15.8 Å². The molecule has 0 saturated carbocycles. The number of ether oxygens (including phenoxy) is 2. The Labute approximate surface area is 154 Å². The van der Waals surface area contributed by atoms with E-state index in [1.165, 1.54) is 12.1 Å². The van der Waals surface area contributed by atoms with E-state index in [4.69, 9.17) is 55.9 Å². The van der Waals surface area contributed by atoms with Crippen LogP contribution in [0, 0.1) is 13.8 Å². The summed E-state index contributed by atoms with van der Waals surface area (Å²) in [6.07, 6.45) is 0.